The minimum absolute atomic E-state index is 0.0939. The summed E-state index contributed by atoms with van der Waals surface area (Å²) in [6.07, 6.45) is 7.78. The molecule has 1 aliphatic carbocycles. The van der Waals surface area contributed by atoms with Gasteiger partial charge in [-0.15, -0.1) is 11.3 Å². The van der Waals surface area contributed by atoms with E-state index in [1.807, 2.05) is 17.8 Å². The number of fused-ring (bicyclic) bond motifs is 1. The van der Waals surface area contributed by atoms with Crippen molar-refractivity contribution in [1.29, 1.82) is 5.26 Å². The van der Waals surface area contributed by atoms with Crippen LogP contribution in [0.5, 0.6) is 0 Å². The molecule has 7 heteroatoms. The monoisotopic (exact) mass is 402 g/mol. The number of imidazole rings is 1. The Morgan fingerprint density at radius 3 is 2.96 bits per heavy atom. The fraction of sp³-hybridized carbons (Fsp3) is 0.550. The van der Waals surface area contributed by atoms with Crippen LogP contribution in [-0.2, 0) is 24.7 Å². The van der Waals surface area contributed by atoms with Gasteiger partial charge in [0.05, 0.1) is 11.3 Å². The smallest absolute Gasteiger partial charge is 0.235 e. The van der Waals surface area contributed by atoms with Gasteiger partial charge in [-0.25, -0.2) is 4.98 Å². The molecule has 0 saturated heterocycles. The van der Waals surface area contributed by atoms with Gasteiger partial charge in [0.2, 0.25) is 5.91 Å². The maximum Gasteiger partial charge on any atom is 0.235 e. The van der Waals surface area contributed by atoms with Gasteiger partial charge in [0.1, 0.15) is 11.1 Å². The molecule has 0 radical (unpaired) electrons. The van der Waals surface area contributed by atoms with E-state index in [9.17, 15) is 10.1 Å². The number of nitriles is 1. The second-order valence-corrected chi connectivity index (χ2v) is 9.81. The first-order valence-electron chi connectivity index (χ1n) is 9.30. The van der Waals surface area contributed by atoms with E-state index in [4.69, 9.17) is 0 Å². The summed E-state index contributed by atoms with van der Waals surface area (Å²) in [5.41, 5.74) is 2.12. The van der Waals surface area contributed by atoms with E-state index in [1.165, 1.54) is 16.6 Å². The molecule has 1 amide bonds. The summed E-state index contributed by atoms with van der Waals surface area (Å²) < 4.78 is 1.89. The van der Waals surface area contributed by atoms with Gasteiger partial charge in [-0.1, -0.05) is 39.0 Å². The fourth-order valence-electron chi connectivity index (χ4n) is 3.53. The first kappa shape index (κ1) is 20.0. The number of nitrogens with one attached hydrogen (secondary N) is 1. The SMILES string of the molecule is CCC(C)(C)C1CCc2c(sc(NC(=O)CSc3nccn3C)c2C#N)C1. The van der Waals surface area contributed by atoms with Gasteiger partial charge < -0.3 is 9.88 Å². The second-order valence-electron chi connectivity index (χ2n) is 7.76. The molecular formula is C20H26N4OS2. The predicted molar refractivity (Wildman–Crippen MR) is 111 cm³/mol. The number of nitrogens with zero attached hydrogens (tertiary/aromatic N) is 3. The lowest BCUT2D eigenvalue weighted by molar-refractivity contribution is -0.113. The summed E-state index contributed by atoms with van der Waals surface area (Å²) in [6, 6.07) is 2.33. The van der Waals surface area contributed by atoms with E-state index >= 15 is 0 Å². The molecule has 1 unspecified atom stereocenters. The Kier molecular flexibility index (Phi) is 5.97. The van der Waals surface area contributed by atoms with Crippen molar-refractivity contribution in [2.75, 3.05) is 11.1 Å². The number of carbonyl (C=O) groups excluding carboxylic acids is 1. The summed E-state index contributed by atoms with van der Waals surface area (Å²) in [4.78, 5) is 17.9. The van der Waals surface area contributed by atoms with Crippen LogP contribution in [0.1, 0.15) is 49.6 Å². The lowest BCUT2D eigenvalue weighted by Gasteiger charge is -2.36. The first-order chi connectivity index (χ1) is 12.9. The molecular weight excluding hydrogens is 376 g/mol. The molecule has 1 aliphatic rings. The number of rotatable bonds is 6. The van der Waals surface area contributed by atoms with Crippen LogP contribution in [0.15, 0.2) is 17.6 Å². The molecule has 0 saturated carbocycles. The Balaban J connectivity index is 1.71. The second kappa shape index (κ2) is 8.07. The zero-order valence-electron chi connectivity index (χ0n) is 16.3. The lowest BCUT2D eigenvalue weighted by Crippen LogP contribution is -2.28. The van der Waals surface area contributed by atoms with Crippen LogP contribution in [0.2, 0.25) is 0 Å². The molecule has 144 valence electrons. The summed E-state index contributed by atoms with van der Waals surface area (Å²) in [6.45, 7) is 6.91. The summed E-state index contributed by atoms with van der Waals surface area (Å²) in [5, 5.41) is 14.1. The van der Waals surface area contributed by atoms with Crippen molar-refractivity contribution in [3.63, 3.8) is 0 Å². The van der Waals surface area contributed by atoms with Crippen molar-refractivity contribution < 1.29 is 4.79 Å². The van der Waals surface area contributed by atoms with Gasteiger partial charge in [-0.2, -0.15) is 5.26 Å². The summed E-state index contributed by atoms with van der Waals surface area (Å²) >= 11 is 2.98. The van der Waals surface area contributed by atoms with Gasteiger partial charge in [0.15, 0.2) is 5.16 Å². The Morgan fingerprint density at radius 2 is 2.33 bits per heavy atom. The van der Waals surface area contributed by atoms with Crippen LogP contribution in [0.25, 0.3) is 0 Å². The Morgan fingerprint density at radius 1 is 1.56 bits per heavy atom. The zero-order chi connectivity index (χ0) is 19.6. The molecule has 0 spiro atoms. The third-order valence-corrected chi connectivity index (χ3v) is 7.98. The van der Waals surface area contributed by atoms with Crippen molar-refractivity contribution in [3.8, 4) is 6.07 Å². The molecule has 27 heavy (non-hydrogen) atoms. The quantitative estimate of drug-likeness (QED) is 0.716. The number of aryl methyl sites for hydroxylation is 1. The minimum Gasteiger partial charge on any atom is -0.329 e. The topological polar surface area (TPSA) is 70.7 Å². The number of aromatic nitrogens is 2. The minimum atomic E-state index is -0.0939. The van der Waals surface area contributed by atoms with E-state index in [0.717, 1.165) is 36.4 Å². The van der Waals surface area contributed by atoms with E-state index in [0.29, 0.717) is 21.9 Å². The highest BCUT2D eigenvalue weighted by Gasteiger charge is 2.34. The van der Waals surface area contributed by atoms with E-state index in [2.05, 4.69) is 37.1 Å². The van der Waals surface area contributed by atoms with Gasteiger partial charge in [-0.05, 0) is 36.2 Å². The molecule has 2 aromatic heterocycles. The van der Waals surface area contributed by atoms with E-state index in [-0.39, 0.29) is 11.7 Å². The highest BCUT2D eigenvalue weighted by atomic mass is 32.2. The molecule has 2 heterocycles. The van der Waals surface area contributed by atoms with E-state index in [1.54, 1.807) is 17.5 Å². The van der Waals surface area contributed by atoms with Gasteiger partial charge in [0.25, 0.3) is 0 Å². The van der Waals surface area contributed by atoms with Crippen molar-refractivity contribution >= 4 is 34.0 Å². The zero-order valence-corrected chi connectivity index (χ0v) is 18.0. The van der Waals surface area contributed by atoms with Gasteiger partial charge in [-0.3, -0.25) is 4.79 Å². The number of thiophene rings is 1. The predicted octanol–water partition coefficient (Wildman–Crippen LogP) is 4.63. The number of amides is 1. The number of hydrogen-bond acceptors (Lipinski definition) is 5. The summed E-state index contributed by atoms with van der Waals surface area (Å²) in [5.74, 6) is 0.815. The average molecular weight is 403 g/mol. The molecule has 3 rings (SSSR count). The Labute approximate surface area is 169 Å². The molecule has 1 N–H and O–H groups in total. The van der Waals surface area contributed by atoms with Crippen LogP contribution in [0.4, 0.5) is 5.00 Å². The average Bonchev–Trinajstić information content (AvgIpc) is 3.21. The number of anilines is 1. The van der Waals surface area contributed by atoms with Crippen LogP contribution < -0.4 is 5.32 Å². The third-order valence-electron chi connectivity index (χ3n) is 5.76. The van der Waals surface area contributed by atoms with Crippen molar-refractivity contribution in [1.82, 2.24) is 9.55 Å². The highest BCUT2D eigenvalue weighted by Crippen LogP contribution is 2.45. The largest absolute Gasteiger partial charge is 0.329 e. The number of thioether (sulfide) groups is 1. The van der Waals surface area contributed by atoms with Crippen LogP contribution in [-0.4, -0.2) is 21.2 Å². The fourth-order valence-corrected chi connectivity index (χ4v) is 5.56. The van der Waals surface area contributed by atoms with Gasteiger partial charge >= 0.3 is 0 Å². The van der Waals surface area contributed by atoms with Crippen LogP contribution >= 0.6 is 23.1 Å². The van der Waals surface area contributed by atoms with Crippen LogP contribution in [0, 0.1) is 22.7 Å². The van der Waals surface area contributed by atoms with Gasteiger partial charge in [0, 0.05) is 24.3 Å². The highest BCUT2D eigenvalue weighted by molar-refractivity contribution is 7.99. The Hall–Kier alpha value is -1.78. The first-order valence-corrected chi connectivity index (χ1v) is 11.1. The number of carbonyl (C=O) groups is 1. The molecule has 0 aromatic carbocycles. The maximum absolute atomic E-state index is 12.4. The van der Waals surface area contributed by atoms with Crippen molar-refractivity contribution in [2.24, 2.45) is 18.4 Å². The molecule has 2 aromatic rings. The molecule has 5 nitrogen and oxygen atoms in total. The maximum atomic E-state index is 12.4. The summed E-state index contributed by atoms with van der Waals surface area (Å²) in [7, 11) is 1.91. The molecule has 1 atom stereocenters. The molecule has 0 bridgehead atoms. The van der Waals surface area contributed by atoms with Crippen molar-refractivity contribution in [2.45, 2.75) is 51.6 Å². The molecule has 0 fully saturated rings. The normalized spacial score (nSPS) is 16.6. The van der Waals surface area contributed by atoms with E-state index < -0.39 is 0 Å². The van der Waals surface area contributed by atoms with Crippen molar-refractivity contribution in [3.05, 3.63) is 28.4 Å². The standard InChI is InChI=1S/C20H26N4OS2/c1-5-20(2,3)13-6-7-14-15(11-21)18(27-16(14)10-13)23-17(25)12-26-19-22-8-9-24(19)4/h8-9,13H,5-7,10,12H2,1-4H3,(H,23,25). The lowest BCUT2D eigenvalue weighted by atomic mass is 9.69. The van der Waals surface area contributed by atoms with Crippen LogP contribution in [0.3, 0.4) is 0 Å². The number of hydrogen-bond donors (Lipinski definition) is 1. The Bertz CT molecular complexity index is 875. The molecule has 0 aliphatic heterocycles. The third kappa shape index (κ3) is 4.22.